The summed E-state index contributed by atoms with van der Waals surface area (Å²) in [5.41, 5.74) is 8.60. The van der Waals surface area contributed by atoms with Crippen molar-refractivity contribution in [1.29, 1.82) is 0 Å². The van der Waals surface area contributed by atoms with Gasteiger partial charge >= 0.3 is 5.97 Å². The van der Waals surface area contributed by atoms with E-state index < -0.39 is 0 Å². The second-order valence-corrected chi connectivity index (χ2v) is 9.07. The quantitative estimate of drug-likeness (QED) is 0.262. The average Bonchev–Trinajstić information content (AvgIpc) is 2.74. The number of alkyl halides is 1. The van der Waals surface area contributed by atoms with Crippen molar-refractivity contribution >= 4 is 39.2 Å². The van der Waals surface area contributed by atoms with E-state index in [1.165, 1.54) is 32.1 Å². The minimum absolute atomic E-state index is 0.180. The lowest BCUT2D eigenvalue weighted by Gasteiger charge is -2.38. The maximum atomic E-state index is 12.6. The van der Waals surface area contributed by atoms with Gasteiger partial charge in [0.05, 0.1) is 11.3 Å². The van der Waals surface area contributed by atoms with Crippen molar-refractivity contribution < 1.29 is 9.53 Å². The molecule has 29 heavy (non-hydrogen) atoms. The van der Waals surface area contributed by atoms with E-state index in [-0.39, 0.29) is 11.5 Å². The normalized spacial score (nSPS) is 16.2. The summed E-state index contributed by atoms with van der Waals surface area (Å²) in [4.78, 5) is 14.7. The number of carbonyl (C=O) groups is 1. The molecule has 3 N–H and O–H groups in total. The zero-order valence-corrected chi connectivity index (χ0v) is 20.1. The summed E-state index contributed by atoms with van der Waals surface area (Å²) in [6.45, 7) is 7.66. The number of hydrogen-bond donors (Lipinski definition) is 2. The van der Waals surface area contributed by atoms with Crippen LogP contribution in [0.2, 0.25) is 0 Å². The number of rotatable bonds is 11. The van der Waals surface area contributed by atoms with Crippen molar-refractivity contribution in [2.45, 2.75) is 64.5 Å². The van der Waals surface area contributed by atoms with E-state index in [1.54, 1.807) is 6.07 Å². The van der Waals surface area contributed by atoms with Gasteiger partial charge in [0.1, 0.15) is 6.61 Å². The van der Waals surface area contributed by atoms with Crippen LogP contribution >= 0.6 is 27.5 Å². The molecule has 1 aliphatic carbocycles. The number of carbonyl (C=O) groups excluding carboxylic acids is 1. The molecule has 1 aromatic carbocycles. The first-order valence-corrected chi connectivity index (χ1v) is 12.1. The predicted octanol–water partition coefficient (Wildman–Crippen LogP) is 4.95. The van der Waals surface area contributed by atoms with Crippen molar-refractivity contribution in [2.24, 2.45) is 0 Å². The molecule has 7 heteroatoms. The van der Waals surface area contributed by atoms with Crippen molar-refractivity contribution in [3.63, 3.8) is 0 Å². The van der Waals surface area contributed by atoms with Crippen molar-refractivity contribution in [1.82, 2.24) is 10.2 Å². The molecule has 1 fully saturated rings. The number of hydrogen-bond acceptors (Lipinski definition) is 5. The van der Waals surface area contributed by atoms with Gasteiger partial charge in [-0.1, -0.05) is 33.1 Å². The summed E-state index contributed by atoms with van der Waals surface area (Å²) < 4.78 is 6.22. The average molecular weight is 489 g/mol. The summed E-state index contributed by atoms with van der Waals surface area (Å²) in [5.74, 6) is 0.249. The lowest BCUT2D eigenvalue weighted by molar-refractivity contribution is 0.0466. The van der Waals surface area contributed by atoms with Crippen molar-refractivity contribution in [2.75, 3.05) is 37.9 Å². The molecule has 164 valence electrons. The number of esters is 1. The van der Waals surface area contributed by atoms with E-state index in [9.17, 15) is 4.79 Å². The number of halogens is 2. The lowest BCUT2D eigenvalue weighted by atomic mass is 9.79. The molecular formula is C22H35BrClN3O2. The van der Waals surface area contributed by atoms with Gasteiger partial charge in [-0.05, 0) is 59.4 Å². The van der Waals surface area contributed by atoms with Gasteiger partial charge in [-0.3, -0.25) is 4.90 Å². The molecule has 0 radical (unpaired) electrons. The van der Waals surface area contributed by atoms with E-state index in [1.807, 2.05) is 6.07 Å². The Morgan fingerprint density at radius 3 is 2.62 bits per heavy atom. The fraction of sp³-hybridized carbons (Fsp3) is 0.682. The second kappa shape index (κ2) is 12.1. The van der Waals surface area contributed by atoms with E-state index in [0.29, 0.717) is 36.8 Å². The fourth-order valence-corrected chi connectivity index (χ4v) is 4.74. The maximum absolute atomic E-state index is 12.6. The summed E-state index contributed by atoms with van der Waals surface area (Å²) >= 11 is 9.30. The minimum atomic E-state index is -0.322. The lowest BCUT2D eigenvalue weighted by Crippen LogP contribution is -2.45. The Hall–Kier alpha value is -0.820. The Bertz CT molecular complexity index is 666. The zero-order chi connectivity index (χ0) is 21.3. The summed E-state index contributed by atoms with van der Waals surface area (Å²) in [6, 6.07) is 3.60. The molecule has 0 aliphatic heterocycles. The molecule has 0 saturated heterocycles. The molecule has 5 nitrogen and oxygen atoms in total. The van der Waals surface area contributed by atoms with Gasteiger partial charge in [0.25, 0.3) is 0 Å². The summed E-state index contributed by atoms with van der Waals surface area (Å²) in [6.07, 6.45) is 7.35. The van der Waals surface area contributed by atoms with Gasteiger partial charge in [-0.25, -0.2) is 4.79 Å². The van der Waals surface area contributed by atoms with Gasteiger partial charge in [-0.15, -0.1) is 11.6 Å². The topological polar surface area (TPSA) is 67.6 Å². The van der Waals surface area contributed by atoms with Crippen molar-refractivity contribution in [3.8, 4) is 0 Å². The molecule has 0 heterocycles. The number of nitrogen functional groups attached to an aromatic ring is 1. The van der Waals surface area contributed by atoms with E-state index in [4.69, 9.17) is 22.1 Å². The molecular weight excluding hydrogens is 454 g/mol. The Kier molecular flexibility index (Phi) is 10.2. The fourth-order valence-electron chi connectivity index (χ4n) is 4.00. The van der Waals surface area contributed by atoms with Crippen LogP contribution in [0.1, 0.15) is 68.3 Å². The third kappa shape index (κ3) is 7.12. The molecule has 1 aromatic rings. The van der Waals surface area contributed by atoms with Crippen LogP contribution < -0.4 is 11.1 Å². The maximum Gasteiger partial charge on any atom is 0.338 e. The smallest absolute Gasteiger partial charge is 0.338 e. The van der Waals surface area contributed by atoms with E-state index in [2.05, 4.69) is 40.0 Å². The molecule has 0 spiro atoms. The molecule has 2 rings (SSSR count). The highest BCUT2D eigenvalue weighted by Crippen LogP contribution is 2.32. The van der Waals surface area contributed by atoms with Crippen LogP contribution in [0.3, 0.4) is 0 Å². The largest absolute Gasteiger partial charge is 0.461 e. The predicted molar refractivity (Wildman–Crippen MR) is 125 cm³/mol. The molecule has 0 unspecified atom stereocenters. The number of benzene rings is 1. The number of nitrogens with one attached hydrogen (secondary N) is 1. The van der Waals surface area contributed by atoms with Gasteiger partial charge in [0.15, 0.2) is 0 Å². The first-order chi connectivity index (χ1) is 13.9. The minimum Gasteiger partial charge on any atom is -0.461 e. The van der Waals surface area contributed by atoms with Crippen LogP contribution in [0.15, 0.2) is 16.6 Å². The van der Waals surface area contributed by atoms with Crippen LogP contribution in [0.4, 0.5) is 5.69 Å². The van der Waals surface area contributed by atoms with Crippen LogP contribution in [-0.2, 0) is 11.3 Å². The Morgan fingerprint density at radius 1 is 1.28 bits per heavy atom. The SMILES string of the molecule is CCN(CCCl)CCOC(=O)c1cc(Br)c(N)c(CNC2(CC)CCCCC2)c1. The number of nitrogens with two attached hydrogens (primary N) is 1. The number of likely N-dealkylation sites (N-methyl/N-ethyl adjacent to an activating group) is 1. The summed E-state index contributed by atoms with van der Waals surface area (Å²) in [7, 11) is 0. The highest BCUT2D eigenvalue weighted by molar-refractivity contribution is 9.10. The second-order valence-electron chi connectivity index (χ2n) is 7.84. The first-order valence-electron chi connectivity index (χ1n) is 10.7. The van der Waals surface area contributed by atoms with E-state index >= 15 is 0 Å². The third-order valence-corrected chi connectivity index (χ3v) is 6.91. The Labute approximate surface area is 188 Å². The number of nitrogens with zero attached hydrogens (tertiary/aromatic N) is 1. The third-order valence-electron chi connectivity index (χ3n) is 6.08. The van der Waals surface area contributed by atoms with Crippen LogP contribution in [-0.4, -0.2) is 48.5 Å². The number of anilines is 1. The molecule has 1 aliphatic rings. The molecule has 1 saturated carbocycles. The number of ether oxygens (including phenoxy) is 1. The van der Waals surface area contributed by atoms with Gasteiger partial charge in [-0.2, -0.15) is 0 Å². The van der Waals surface area contributed by atoms with Gasteiger partial charge < -0.3 is 15.8 Å². The first kappa shape index (κ1) is 24.4. The Morgan fingerprint density at radius 2 is 2.00 bits per heavy atom. The Balaban J connectivity index is 2.01. The van der Waals surface area contributed by atoms with Gasteiger partial charge in [0, 0.05) is 35.5 Å². The van der Waals surface area contributed by atoms with Crippen LogP contribution in [0, 0.1) is 0 Å². The standard InChI is InChI=1S/C22H35BrClN3O2/c1-3-22(8-6-5-7-9-22)26-16-18-14-17(15-19(23)20(18)25)21(28)29-13-12-27(4-2)11-10-24/h14-15,26H,3-13,16,25H2,1-2H3. The summed E-state index contributed by atoms with van der Waals surface area (Å²) in [5, 5.41) is 3.74. The monoisotopic (exact) mass is 487 g/mol. The molecule has 0 aromatic heterocycles. The van der Waals surface area contributed by atoms with E-state index in [0.717, 1.165) is 29.5 Å². The molecule has 0 bridgehead atoms. The molecule has 0 atom stereocenters. The highest BCUT2D eigenvalue weighted by Gasteiger charge is 2.29. The highest BCUT2D eigenvalue weighted by atomic mass is 79.9. The van der Waals surface area contributed by atoms with Crippen LogP contribution in [0.25, 0.3) is 0 Å². The molecule has 0 amide bonds. The van der Waals surface area contributed by atoms with Crippen LogP contribution in [0.5, 0.6) is 0 Å². The zero-order valence-electron chi connectivity index (χ0n) is 17.7. The van der Waals surface area contributed by atoms with Gasteiger partial charge in [0.2, 0.25) is 0 Å². The van der Waals surface area contributed by atoms with Crippen molar-refractivity contribution in [3.05, 3.63) is 27.7 Å².